The summed E-state index contributed by atoms with van der Waals surface area (Å²) in [4.78, 5) is 22.9. The molecule has 1 aromatic carbocycles. The van der Waals surface area contributed by atoms with Gasteiger partial charge in [-0.3, -0.25) is 9.48 Å². The highest BCUT2D eigenvalue weighted by atomic mass is 32.2. The van der Waals surface area contributed by atoms with Crippen LogP contribution in [0.1, 0.15) is 15.7 Å². The smallest absolute Gasteiger partial charge is 0.176 e. The van der Waals surface area contributed by atoms with Crippen molar-refractivity contribution in [2.45, 2.75) is 31.7 Å². The van der Waals surface area contributed by atoms with Gasteiger partial charge in [0.05, 0.1) is 45.3 Å². The largest absolute Gasteiger partial charge is 0.297 e. The monoisotopic (exact) mass is 472 g/mol. The Morgan fingerprint density at radius 1 is 1.16 bits per heavy atom. The van der Waals surface area contributed by atoms with Gasteiger partial charge in [-0.1, -0.05) is 18.2 Å². The van der Waals surface area contributed by atoms with Crippen LogP contribution in [0.5, 0.6) is 0 Å². The van der Waals surface area contributed by atoms with Gasteiger partial charge in [-0.15, -0.1) is 22.7 Å². The lowest BCUT2D eigenvalue weighted by Crippen LogP contribution is -2.12. The Morgan fingerprint density at radius 3 is 2.65 bits per heavy atom. The fourth-order valence-electron chi connectivity index (χ4n) is 3.29. The molecular formula is C21H20N4O3S3. The molecule has 4 rings (SSSR count). The molecule has 0 spiro atoms. The molecule has 0 saturated heterocycles. The predicted octanol–water partition coefficient (Wildman–Crippen LogP) is 3.96. The first kappa shape index (κ1) is 21.5. The molecule has 0 aliphatic heterocycles. The zero-order chi connectivity index (χ0) is 22.2. The van der Waals surface area contributed by atoms with Crippen LogP contribution in [0.2, 0.25) is 0 Å². The van der Waals surface area contributed by atoms with Crippen LogP contribution in [0.15, 0.2) is 46.9 Å². The van der Waals surface area contributed by atoms with E-state index in [1.807, 2.05) is 19.2 Å². The number of sulfone groups is 1. The molecule has 0 bridgehead atoms. The number of thiazole rings is 2. The quantitative estimate of drug-likeness (QED) is 0.404. The van der Waals surface area contributed by atoms with Gasteiger partial charge in [0.25, 0.3) is 0 Å². The van der Waals surface area contributed by atoms with Gasteiger partial charge in [0.1, 0.15) is 5.01 Å². The number of benzene rings is 1. The van der Waals surface area contributed by atoms with E-state index in [0.717, 1.165) is 26.3 Å². The number of aryl methyl sites for hydroxylation is 2. The van der Waals surface area contributed by atoms with E-state index >= 15 is 0 Å². The second kappa shape index (κ2) is 8.45. The van der Waals surface area contributed by atoms with E-state index in [2.05, 4.69) is 15.1 Å². The Bertz CT molecular complexity index is 1370. The third-order valence-corrected chi connectivity index (χ3v) is 7.70. The molecule has 0 aliphatic carbocycles. The molecule has 7 nitrogen and oxygen atoms in total. The van der Waals surface area contributed by atoms with Gasteiger partial charge in [-0.2, -0.15) is 5.10 Å². The van der Waals surface area contributed by atoms with E-state index in [1.165, 1.54) is 22.3 Å². The maximum atomic E-state index is 12.6. The van der Waals surface area contributed by atoms with Crippen molar-refractivity contribution < 1.29 is 13.2 Å². The average Bonchev–Trinajstić information content (AvgIpc) is 3.41. The molecule has 160 valence electrons. The van der Waals surface area contributed by atoms with Crippen LogP contribution in [0, 0.1) is 13.8 Å². The van der Waals surface area contributed by atoms with E-state index in [1.54, 1.807) is 48.0 Å². The summed E-state index contributed by atoms with van der Waals surface area (Å²) < 4.78 is 25.6. The molecular weight excluding hydrogens is 452 g/mol. The normalized spacial score (nSPS) is 11.7. The van der Waals surface area contributed by atoms with Gasteiger partial charge in [0.15, 0.2) is 15.6 Å². The van der Waals surface area contributed by atoms with E-state index in [9.17, 15) is 13.2 Å². The lowest BCUT2D eigenvalue weighted by atomic mass is 10.1. The number of rotatable bonds is 7. The van der Waals surface area contributed by atoms with Gasteiger partial charge >= 0.3 is 0 Å². The number of aromatic nitrogens is 4. The molecule has 10 heteroatoms. The van der Waals surface area contributed by atoms with Crippen LogP contribution < -0.4 is 0 Å². The van der Waals surface area contributed by atoms with Crippen LogP contribution in [0.4, 0.5) is 0 Å². The third kappa shape index (κ3) is 4.81. The molecule has 3 aromatic heterocycles. The standard InChI is InChI=1S/C21H20N4O3S3/c1-13-21(30-14(2)23-13)18-12-29-20(24-18)8-16(26)11-25-10-15(9-22-25)17-6-4-5-7-19(17)31(3,27)28/h4-7,9-10,12H,8,11H2,1-3H3. The molecule has 3 heterocycles. The first-order chi connectivity index (χ1) is 14.7. The second-order valence-electron chi connectivity index (χ2n) is 7.18. The first-order valence-corrected chi connectivity index (χ1v) is 13.0. The van der Waals surface area contributed by atoms with Crippen molar-refractivity contribution in [2.75, 3.05) is 6.26 Å². The Morgan fingerprint density at radius 2 is 1.94 bits per heavy atom. The lowest BCUT2D eigenvalue weighted by Gasteiger charge is -2.05. The Balaban J connectivity index is 1.47. The minimum Gasteiger partial charge on any atom is -0.297 e. The van der Waals surface area contributed by atoms with Gasteiger partial charge in [0, 0.05) is 29.0 Å². The third-order valence-electron chi connectivity index (χ3n) is 4.61. The van der Waals surface area contributed by atoms with Crippen molar-refractivity contribution in [2.24, 2.45) is 0 Å². The molecule has 0 radical (unpaired) electrons. The summed E-state index contributed by atoms with van der Waals surface area (Å²) in [6, 6.07) is 6.77. The minimum absolute atomic E-state index is 0.0239. The number of hydrogen-bond donors (Lipinski definition) is 0. The Hall–Kier alpha value is -2.69. The van der Waals surface area contributed by atoms with E-state index in [4.69, 9.17) is 0 Å². The van der Waals surface area contributed by atoms with E-state index in [-0.39, 0.29) is 23.6 Å². The van der Waals surface area contributed by atoms with E-state index < -0.39 is 9.84 Å². The maximum absolute atomic E-state index is 12.6. The Labute approximate surface area is 188 Å². The van der Waals surface area contributed by atoms with Crippen molar-refractivity contribution >= 4 is 38.3 Å². The molecule has 0 amide bonds. The average molecular weight is 473 g/mol. The number of carbonyl (C=O) groups is 1. The van der Waals surface area contributed by atoms with Crippen LogP contribution in [0.3, 0.4) is 0 Å². The number of hydrogen-bond acceptors (Lipinski definition) is 8. The molecule has 0 N–H and O–H groups in total. The number of nitrogens with zero attached hydrogens (tertiary/aromatic N) is 4. The molecule has 0 unspecified atom stereocenters. The van der Waals surface area contributed by atoms with Gasteiger partial charge in [-0.05, 0) is 19.9 Å². The minimum atomic E-state index is -3.37. The Kier molecular flexibility index (Phi) is 5.87. The highest BCUT2D eigenvalue weighted by molar-refractivity contribution is 7.90. The van der Waals surface area contributed by atoms with Gasteiger partial charge < -0.3 is 0 Å². The molecule has 0 atom stereocenters. The number of ketones is 1. The SMILES string of the molecule is Cc1nc(C)c(-c2csc(CC(=O)Cn3cc(-c4ccccc4S(C)(=O)=O)cn3)n2)s1. The number of Topliss-reactive ketones (excluding diaryl/α,β-unsaturated/α-hetero) is 1. The van der Waals surface area contributed by atoms with Crippen molar-refractivity contribution in [3.05, 3.63) is 57.7 Å². The summed E-state index contributed by atoms with van der Waals surface area (Å²) in [5.41, 5.74) is 3.03. The second-order valence-corrected chi connectivity index (χ2v) is 11.3. The summed E-state index contributed by atoms with van der Waals surface area (Å²) in [5.74, 6) is -0.0239. The highest BCUT2D eigenvalue weighted by Gasteiger charge is 2.17. The van der Waals surface area contributed by atoms with Gasteiger partial charge in [0.2, 0.25) is 0 Å². The summed E-state index contributed by atoms with van der Waals surface area (Å²) in [6.45, 7) is 4.01. The maximum Gasteiger partial charge on any atom is 0.176 e. The number of carbonyl (C=O) groups excluding carboxylic acids is 1. The van der Waals surface area contributed by atoms with E-state index in [0.29, 0.717) is 11.1 Å². The topological polar surface area (TPSA) is 94.8 Å². The van der Waals surface area contributed by atoms with Crippen LogP contribution in [-0.4, -0.2) is 40.2 Å². The molecule has 0 aliphatic rings. The van der Waals surface area contributed by atoms with Crippen molar-refractivity contribution in [1.82, 2.24) is 19.7 Å². The molecule has 0 fully saturated rings. The summed E-state index contributed by atoms with van der Waals surface area (Å²) in [5, 5.41) is 7.94. The van der Waals surface area contributed by atoms with Gasteiger partial charge in [-0.25, -0.2) is 18.4 Å². The fourth-order valence-corrected chi connectivity index (χ4v) is 5.97. The van der Waals surface area contributed by atoms with Crippen molar-refractivity contribution in [3.8, 4) is 21.7 Å². The fraction of sp³-hybridized carbons (Fsp3) is 0.238. The lowest BCUT2D eigenvalue weighted by molar-refractivity contribution is -0.119. The summed E-state index contributed by atoms with van der Waals surface area (Å²) in [6.07, 6.45) is 4.67. The highest BCUT2D eigenvalue weighted by Crippen LogP contribution is 2.31. The van der Waals surface area contributed by atoms with Crippen LogP contribution in [0.25, 0.3) is 21.7 Å². The summed E-state index contributed by atoms with van der Waals surface area (Å²) in [7, 11) is -3.37. The van der Waals surface area contributed by atoms with Crippen LogP contribution >= 0.6 is 22.7 Å². The zero-order valence-corrected chi connectivity index (χ0v) is 19.6. The predicted molar refractivity (Wildman–Crippen MR) is 122 cm³/mol. The van der Waals surface area contributed by atoms with Crippen molar-refractivity contribution in [1.29, 1.82) is 0 Å². The van der Waals surface area contributed by atoms with Crippen LogP contribution in [-0.2, 0) is 27.6 Å². The zero-order valence-electron chi connectivity index (χ0n) is 17.2. The van der Waals surface area contributed by atoms with Crippen molar-refractivity contribution in [3.63, 3.8) is 0 Å². The molecule has 0 saturated carbocycles. The molecule has 31 heavy (non-hydrogen) atoms. The molecule has 4 aromatic rings. The first-order valence-electron chi connectivity index (χ1n) is 9.43. The summed E-state index contributed by atoms with van der Waals surface area (Å²) >= 11 is 3.06.